The van der Waals surface area contributed by atoms with Gasteiger partial charge in [-0.05, 0) is 31.9 Å². The van der Waals surface area contributed by atoms with Crippen molar-refractivity contribution < 1.29 is 9.53 Å². The van der Waals surface area contributed by atoms with Crippen LogP contribution in [0.3, 0.4) is 0 Å². The van der Waals surface area contributed by atoms with Crippen LogP contribution in [0.25, 0.3) is 16.9 Å². The first-order valence-electron chi connectivity index (χ1n) is 7.72. The minimum Gasteiger partial charge on any atom is -0.493 e. The van der Waals surface area contributed by atoms with Gasteiger partial charge in [0.2, 0.25) is 0 Å². The third-order valence-corrected chi connectivity index (χ3v) is 4.21. The summed E-state index contributed by atoms with van der Waals surface area (Å²) in [5.74, 6) is 2.14. The van der Waals surface area contributed by atoms with Crippen molar-refractivity contribution in [2.75, 3.05) is 7.11 Å². The highest BCUT2D eigenvalue weighted by atomic mass is 16.5. The third kappa shape index (κ3) is 2.38. The van der Waals surface area contributed by atoms with E-state index in [0.29, 0.717) is 17.2 Å². The molecule has 0 saturated heterocycles. The molecule has 23 heavy (non-hydrogen) atoms. The molecule has 0 atom stereocenters. The molecule has 116 valence electrons. The van der Waals surface area contributed by atoms with Crippen molar-refractivity contribution >= 4 is 11.4 Å². The number of nitrogens with zero attached hydrogens (tertiary/aromatic N) is 3. The molecular weight excluding hydrogens is 290 g/mol. The molecule has 1 aliphatic carbocycles. The lowest BCUT2D eigenvalue weighted by Crippen LogP contribution is -1.98. The van der Waals surface area contributed by atoms with E-state index >= 15 is 0 Å². The molecule has 0 aliphatic heterocycles. The van der Waals surface area contributed by atoms with Crippen molar-refractivity contribution in [2.45, 2.75) is 25.7 Å². The maximum absolute atomic E-state index is 11.4. The number of hydrogen-bond donors (Lipinski definition) is 0. The van der Waals surface area contributed by atoms with Crippen LogP contribution in [-0.4, -0.2) is 27.5 Å². The molecule has 1 saturated carbocycles. The van der Waals surface area contributed by atoms with Gasteiger partial charge in [-0.15, -0.1) is 0 Å². The molecule has 1 aliphatic rings. The highest BCUT2D eigenvalue weighted by Crippen LogP contribution is 2.39. The Balaban J connectivity index is 1.87. The number of aromatic nitrogens is 3. The van der Waals surface area contributed by atoms with Crippen LogP contribution in [0, 0.1) is 0 Å². The van der Waals surface area contributed by atoms with E-state index in [1.807, 2.05) is 40.9 Å². The van der Waals surface area contributed by atoms with Gasteiger partial charge < -0.3 is 4.74 Å². The second kappa shape index (κ2) is 5.19. The quantitative estimate of drug-likeness (QED) is 0.692. The molecule has 0 spiro atoms. The zero-order valence-corrected chi connectivity index (χ0v) is 13.1. The third-order valence-electron chi connectivity index (χ3n) is 4.21. The molecule has 0 bridgehead atoms. The molecular formula is C18H17N3O2. The Morgan fingerprint density at radius 1 is 1.17 bits per heavy atom. The number of ether oxygens (including phenoxy) is 1. The number of carbonyl (C=O) groups is 1. The van der Waals surface area contributed by atoms with Crippen molar-refractivity contribution in [3.05, 3.63) is 47.8 Å². The average Bonchev–Trinajstić information content (AvgIpc) is 3.32. The van der Waals surface area contributed by atoms with Gasteiger partial charge in [0, 0.05) is 17.0 Å². The van der Waals surface area contributed by atoms with Gasteiger partial charge in [-0.2, -0.15) is 5.10 Å². The number of benzene rings is 1. The van der Waals surface area contributed by atoms with E-state index < -0.39 is 0 Å². The number of rotatable bonds is 4. The van der Waals surface area contributed by atoms with Crippen LogP contribution in [0.5, 0.6) is 5.75 Å². The topological polar surface area (TPSA) is 56.5 Å². The van der Waals surface area contributed by atoms with Crippen molar-refractivity contribution in [2.24, 2.45) is 0 Å². The van der Waals surface area contributed by atoms with Gasteiger partial charge >= 0.3 is 0 Å². The maximum atomic E-state index is 11.4. The fraction of sp³-hybridized carbons (Fsp3) is 0.278. The van der Waals surface area contributed by atoms with E-state index in [1.165, 1.54) is 0 Å². The van der Waals surface area contributed by atoms with Crippen molar-refractivity contribution in [3.63, 3.8) is 0 Å². The first-order chi connectivity index (χ1) is 11.2. The summed E-state index contributed by atoms with van der Waals surface area (Å²) in [5, 5.41) is 4.68. The van der Waals surface area contributed by atoms with Crippen LogP contribution < -0.4 is 4.74 Å². The predicted octanol–water partition coefficient (Wildman–Crippen LogP) is 3.48. The highest BCUT2D eigenvalue weighted by Gasteiger charge is 2.29. The van der Waals surface area contributed by atoms with E-state index in [9.17, 15) is 4.79 Å². The van der Waals surface area contributed by atoms with Crippen LogP contribution >= 0.6 is 0 Å². The van der Waals surface area contributed by atoms with Crippen LogP contribution in [0.1, 0.15) is 41.9 Å². The summed E-state index contributed by atoms with van der Waals surface area (Å²) >= 11 is 0. The fourth-order valence-electron chi connectivity index (χ4n) is 2.72. The second-order valence-corrected chi connectivity index (χ2v) is 5.90. The molecule has 0 N–H and O–H groups in total. The number of hydrogen-bond acceptors (Lipinski definition) is 4. The van der Waals surface area contributed by atoms with E-state index in [1.54, 1.807) is 14.0 Å². The smallest absolute Gasteiger partial charge is 0.198 e. The molecule has 5 nitrogen and oxygen atoms in total. The van der Waals surface area contributed by atoms with Crippen molar-refractivity contribution in [1.29, 1.82) is 0 Å². The molecule has 4 rings (SSSR count). The lowest BCUT2D eigenvalue weighted by atomic mass is 10.1. The number of methoxy groups -OCH3 is 1. The molecule has 3 aromatic rings. The molecule has 1 fully saturated rings. The summed E-state index contributed by atoms with van der Waals surface area (Å²) in [6.07, 6.45) is 2.31. The Morgan fingerprint density at radius 2 is 1.91 bits per heavy atom. The Kier molecular flexibility index (Phi) is 3.15. The van der Waals surface area contributed by atoms with Gasteiger partial charge in [0.05, 0.1) is 12.8 Å². The number of carbonyl (C=O) groups excluding carboxylic acids is 1. The summed E-state index contributed by atoms with van der Waals surface area (Å²) in [5.41, 5.74) is 3.38. The van der Waals surface area contributed by atoms with Gasteiger partial charge in [-0.25, -0.2) is 9.50 Å². The number of Topliss-reactive ketones (excluding diaryl/α,β-unsaturated/α-hetero) is 1. The summed E-state index contributed by atoms with van der Waals surface area (Å²) < 4.78 is 7.26. The lowest BCUT2D eigenvalue weighted by molar-refractivity contribution is 0.101. The lowest BCUT2D eigenvalue weighted by Gasteiger charge is -2.08. The zero-order chi connectivity index (χ0) is 16.0. The van der Waals surface area contributed by atoms with Crippen molar-refractivity contribution in [3.8, 4) is 17.0 Å². The summed E-state index contributed by atoms with van der Waals surface area (Å²) in [4.78, 5) is 16.1. The zero-order valence-electron chi connectivity index (χ0n) is 13.1. The monoisotopic (exact) mass is 307 g/mol. The van der Waals surface area contributed by atoms with E-state index in [0.717, 1.165) is 35.6 Å². The molecule has 0 amide bonds. The van der Waals surface area contributed by atoms with Gasteiger partial charge in [0.1, 0.15) is 0 Å². The summed E-state index contributed by atoms with van der Waals surface area (Å²) in [6.45, 7) is 1.57. The maximum Gasteiger partial charge on any atom is 0.198 e. The SMILES string of the molecule is COc1ccc(-c2ccc(C(C)=O)cc2)n2nc(C3CC3)nc12. The Morgan fingerprint density at radius 3 is 2.52 bits per heavy atom. The molecule has 1 aromatic carbocycles. The Hall–Kier alpha value is -2.69. The first-order valence-corrected chi connectivity index (χ1v) is 7.72. The fourth-order valence-corrected chi connectivity index (χ4v) is 2.72. The average molecular weight is 307 g/mol. The number of fused-ring (bicyclic) bond motifs is 1. The summed E-state index contributed by atoms with van der Waals surface area (Å²) in [6, 6.07) is 11.4. The minimum absolute atomic E-state index is 0.0632. The van der Waals surface area contributed by atoms with Crippen LogP contribution in [0.15, 0.2) is 36.4 Å². The van der Waals surface area contributed by atoms with Crippen LogP contribution in [0.4, 0.5) is 0 Å². The Labute approximate surface area is 133 Å². The standard InChI is InChI=1S/C18H17N3O2/c1-11(22)12-3-5-13(6-4-12)15-9-10-16(23-2)18-19-17(14-7-8-14)20-21(15)18/h3-6,9-10,14H,7-8H2,1-2H3. The van der Waals surface area contributed by atoms with Gasteiger partial charge in [-0.3, -0.25) is 4.79 Å². The molecule has 2 aromatic heterocycles. The van der Waals surface area contributed by atoms with E-state index in [4.69, 9.17) is 4.74 Å². The highest BCUT2D eigenvalue weighted by molar-refractivity contribution is 5.94. The molecule has 5 heteroatoms. The van der Waals surface area contributed by atoms with Crippen LogP contribution in [0.2, 0.25) is 0 Å². The normalized spacial score (nSPS) is 14.2. The van der Waals surface area contributed by atoms with Gasteiger partial charge in [0.25, 0.3) is 0 Å². The van der Waals surface area contributed by atoms with Gasteiger partial charge in [-0.1, -0.05) is 24.3 Å². The van der Waals surface area contributed by atoms with Crippen molar-refractivity contribution in [1.82, 2.24) is 14.6 Å². The van der Waals surface area contributed by atoms with Crippen LogP contribution in [-0.2, 0) is 0 Å². The van der Waals surface area contributed by atoms with E-state index in [-0.39, 0.29) is 5.78 Å². The summed E-state index contributed by atoms with van der Waals surface area (Å²) in [7, 11) is 1.64. The molecule has 0 unspecified atom stereocenters. The number of pyridine rings is 1. The minimum atomic E-state index is 0.0632. The van der Waals surface area contributed by atoms with Gasteiger partial charge in [0.15, 0.2) is 23.0 Å². The Bertz CT molecular complexity index is 893. The second-order valence-electron chi connectivity index (χ2n) is 5.90. The predicted molar refractivity (Wildman–Crippen MR) is 87.0 cm³/mol. The number of ketones is 1. The first kappa shape index (κ1) is 13.9. The molecule has 2 heterocycles. The molecule has 0 radical (unpaired) electrons. The van der Waals surface area contributed by atoms with E-state index in [2.05, 4.69) is 10.1 Å². The largest absolute Gasteiger partial charge is 0.493 e.